The molecule has 2 fully saturated rings. The molecule has 0 aromatic heterocycles. The van der Waals surface area contributed by atoms with Gasteiger partial charge in [0.05, 0.1) is 0 Å². The Bertz CT molecular complexity index is 359. The van der Waals surface area contributed by atoms with Crippen LogP contribution in [0.25, 0.3) is 0 Å². The molecular weight excluding hydrogens is 206 g/mol. The van der Waals surface area contributed by atoms with E-state index in [1.54, 1.807) is 5.56 Å². The van der Waals surface area contributed by atoms with Crippen molar-refractivity contribution in [2.45, 2.75) is 43.9 Å². The maximum Gasteiger partial charge on any atom is -0.000624 e. The molecular formula is C16H23N. The molecule has 1 aliphatic carbocycles. The number of rotatable bonds is 1. The van der Waals surface area contributed by atoms with Crippen LogP contribution < -0.4 is 5.32 Å². The van der Waals surface area contributed by atoms with Crippen molar-refractivity contribution in [2.75, 3.05) is 13.1 Å². The van der Waals surface area contributed by atoms with E-state index in [2.05, 4.69) is 35.6 Å². The molecule has 1 heteroatoms. The second-order valence-electron chi connectivity index (χ2n) is 5.75. The number of hydrogen-bond acceptors (Lipinski definition) is 1. The number of fused-ring (bicyclic) bond motifs is 1. The summed E-state index contributed by atoms with van der Waals surface area (Å²) in [6.07, 6.45) is 8.42. The summed E-state index contributed by atoms with van der Waals surface area (Å²) in [5.74, 6) is 0.911. The largest absolute Gasteiger partial charge is 0.317 e. The minimum absolute atomic E-state index is 0.489. The molecule has 17 heavy (non-hydrogen) atoms. The summed E-state index contributed by atoms with van der Waals surface area (Å²) in [5.41, 5.74) is 2.09. The minimum atomic E-state index is 0.489. The molecule has 1 heterocycles. The number of nitrogens with one attached hydrogen (secondary N) is 1. The van der Waals surface area contributed by atoms with E-state index >= 15 is 0 Å². The van der Waals surface area contributed by atoms with Gasteiger partial charge in [0.1, 0.15) is 0 Å². The molecule has 3 rings (SSSR count). The van der Waals surface area contributed by atoms with Gasteiger partial charge in [0.15, 0.2) is 0 Å². The highest BCUT2D eigenvalue weighted by atomic mass is 14.9. The molecule has 92 valence electrons. The number of hydrogen-bond donors (Lipinski definition) is 1. The molecule has 0 bridgehead atoms. The van der Waals surface area contributed by atoms with Crippen LogP contribution in [0.15, 0.2) is 30.3 Å². The fourth-order valence-corrected chi connectivity index (χ4v) is 4.07. The van der Waals surface area contributed by atoms with E-state index in [0.717, 1.165) is 5.92 Å². The maximum absolute atomic E-state index is 3.60. The minimum Gasteiger partial charge on any atom is -0.317 e. The van der Waals surface area contributed by atoms with Crippen molar-refractivity contribution in [3.63, 3.8) is 0 Å². The first-order chi connectivity index (χ1) is 8.42. The predicted octanol–water partition coefficient (Wildman–Crippen LogP) is 3.50. The Labute approximate surface area is 105 Å². The second-order valence-corrected chi connectivity index (χ2v) is 5.75. The third kappa shape index (κ3) is 2.01. The molecule has 2 atom stereocenters. The lowest BCUT2D eigenvalue weighted by Gasteiger charge is -2.44. The number of benzene rings is 1. The first-order valence-corrected chi connectivity index (χ1v) is 7.18. The fourth-order valence-electron chi connectivity index (χ4n) is 4.07. The van der Waals surface area contributed by atoms with Crippen molar-refractivity contribution >= 4 is 0 Å². The average Bonchev–Trinajstić information content (AvgIpc) is 2.63. The van der Waals surface area contributed by atoms with Crippen molar-refractivity contribution in [3.05, 3.63) is 35.9 Å². The van der Waals surface area contributed by atoms with Crippen LogP contribution in [-0.4, -0.2) is 13.1 Å². The van der Waals surface area contributed by atoms with Gasteiger partial charge in [-0.1, -0.05) is 43.2 Å². The van der Waals surface area contributed by atoms with E-state index in [1.165, 1.54) is 51.6 Å². The van der Waals surface area contributed by atoms with Crippen LogP contribution in [0.4, 0.5) is 0 Å². The third-order valence-corrected chi connectivity index (χ3v) is 4.97. The highest BCUT2D eigenvalue weighted by molar-refractivity contribution is 5.27. The molecule has 0 spiro atoms. The molecule has 1 saturated carbocycles. The predicted molar refractivity (Wildman–Crippen MR) is 72.2 cm³/mol. The molecule has 0 amide bonds. The smallest absolute Gasteiger partial charge is 0.000624 e. The Morgan fingerprint density at radius 2 is 1.82 bits per heavy atom. The standard InChI is InChI=1S/C16H23N/c1-2-6-14(7-3-1)16-10-5-4-8-15(16)9-12-17-13-11-16/h1-3,6-7,15,17H,4-5,8-13H2. The summed E-state index contributed by atoms with van der Waals surface area (Å²) >= 11 is 0. The second kappa shape index (κ2) is 4.81. The lowest BCUT2D eigenvalue weighted by atomic mass is 9.60. The Morgan fingerprint density at radius 1 is 0.941 bits per heavy atom. The first kappa shape index (κ1) is 11.3. The highest BCUT2D eigenvalue weighted by Gasteiger charge is 2.41. The van der Waals surface area contributed by atoms with Gasteiger partial charge in [-0.05, 0) is 55.7 Å². The Kier molecular flexibility index (Phi) is 3.19. The van der Waals surface area contributed by atoms with Crippen LogP contribution in [-0.2, 0) is 5.41 Å². The van der Waals surface area contributed by atoms with Gasteiger partial charge < -0.3 is 5.32 Å². The molecule has 2 aliphatic rings. The van der Waals surface area contributed by atoms with Gasteiger partial charge in [0.2, 0.25) is 0 Å². The maximum atomic E-state index is 3.60. The first-order valence-electron chi connectivity index (χ1n) is 7.18. The zero-order valence-corrected chi connectivity index (χ0v) is 10.6. The van der Waals surface area contributed by atoms with Crippen molar-refractivity contribution < 1.29 is 0 Å². The molecule has 1 aromatic carbocycles. The molecule has 1 saturated heterocycles. The van der Waals surface area contributed by atoms with Crippen LogP contribution in [0.3, 0.4) is 0 Å². The monoisotopic (exact) mass is 229 g/mol. The van der Waals surface area contributed by atoms with Crippen LogP contribution in [0.1, 0.15) is 44.1 Å². The van der Waals surface area contributed by atoms with E-state index in [9.17, 15) is 0 Å². The summed E-state index contributed by atoms with van der Waals surface area (Å²) in [5, 5.41) is 3.60. The normalized spacial score (nSPS) is 33.8. The van der Waals surface area contributed by atoms with E-state index in [4.69, 9.17) is 0 Å². The van der Waals surface area contributed by atoms with Gasteiger partial charge >= 0.3 is 0 Å². The highest BCUT2D eigenvalue weighted by Crippen LogP contribution is 2.48. The molecule has 1 aliphatic heterocycles. The Balaban J connectivity index is 1.99. The van der Waals surface area contributed by atoms with Crippen LogP contribution in [0, 0.1) is 5.92 Å². The summed E-state index contributed by atoms with van der Waals surface area (Å²) in [6.45, 7) is 2.42. The average molecular weight is 229 g/mol. The zero-order chi connectivity index (χ0) is 11.6. The lowest BCUT2D eigenvalue weighted by molar-refractivity contribution is 0.177. The zero-order valence-electron chi connectivity index (χ0n) is 10.6. The van der Waals surface area contributed by atoms with E-state index in [-0.39, 0.29) is 0 Å². The Morgan fingerprint density at radius 3 is 2.71 bits per heavy atom. The van der Waals surface area contributed by atoms with Gasteiger partial charge in [0.25, 0.3) is 0 Å². The van der Waals surface area contributed by atoms with Gasteiger partial charge in [0, 0.05) is 0 Å². The summed E-state index contributed by atoms with van der Waals surface area (Å²) < 4.78 is 0. The lowest BCUT2D eigenvalue weighted by Crippen LogP contribution is -2.38. The Hall–Kier alpha value is -0.820. The van der Waals surface area contributed by atoms with Crippen LogP contribution >= 0.6 is 0 Å². The van der Waals surface area contributed by atoms with Crippen molar-refractivity contribution in [1.82, 2.24) is 5.32 Å². The molecule has 1 nitrogen and oxygen atoms in total. The third-order valence-electron chi connectivity index (χ3n) is 4.97. The van der Waals surface area contributed by atoms with Gasteiger partial charge in [-0.2, -0.15) is 0 Å². The van der Waals surface area contributed by atoms with E-state index in [0.29, 0.717) is 5.41 Å². The quantitative estimate of drug-likeness (QED) is 0.777. The van der Waals surface area contributed by atoms with Gasteiger partial charge in [-0.15, -0.1) is 0 Å². The summed E-state index contributed by atoms with van der Waals surface area (Å²) in [4.78, 5) is 0. The topological polar surface area (TPSA) is 12.0 Å². The van der Waals surface area contributed by atoms with E-state index < -0.39 is 0 Å². The van der Waals surface area contributed by atoms with Crippen molar-refractivity contribution in [1.29, 1.82) is 0 Å². The summed E-state index contributed by atoms with van der Waals surface area (Å²) in [7, 11) is 0. The SMILES string of the molecule is c1ccc(C23CCCCC2CCNCC3)cc1. The van der Waals surface area contributed by atoms with Gasteiger partial charge in [-0.25, -0.2) is 0 Å². The fraction of sp³-hybridized carbons (Fsp3) is 0.625. The van der Waals surface area contributed by atoms with Crippen molar-refractivity contribution in [3.8, 4) is 0 Å². The van der Waals surface area contributed by atoms with Crippen LogP contribution in [0.5, 0.6) is 0 Å². The summed E-state index contributed by atoms with van der Waals surface area (Å²) in [6, 6.07) is 11.3. The molecule has 0 radical (unpaired) electrons. The molecule has 1 N–H and O–H groups in total. The molecule has 1 aromatic rings. The molecule has 2 unspecified atom stereocenters. The van der Waals surface area contributed by atoms with Crippen LogP contribution in [0.2, 0.25) is 0 Å². The van der Waals surface area contributed by atoms with Gasteiger partial charge in [-0.3, -0.25) is 0 Å². The van der Waals surface area contributed by atoms with Crippen molar-refractivity contribution in [2.24, 2.45) is 5.92 Å². The van der Waals surface area contributed by atoms with E-state index in [1.807, 2.05) is 0 Å².